The van der Waals surface area contributed by atoms with Crippen molar-refractivity contribution in [1.29, 1.82) is 0 Å². The highest BCUT2D eigenvalue weighted by atomic mass is 16.5. The number of carbonyl (C=O) groups excluding carboxylic acids is 3. The Bertz CT molecular complexity index is 248. The lowest BCUT2D eigenvalue weighted by Gasteiger charge is -2.04. The summed E-state index contributed by atoms with van der Waals surface area (Å²) in [6.45, 7) is 1.11. The van der Waals surface area contributed by atoms with Crippen molar-refractivity contribution in [2.75, 3.05) is 19.8 Å². The number of ether oxygens (including phenoxy) is 2. The molecule has 0 saturated heterocycles. The van der Waals surface area contributed by atoms with Gasteiger partial charge in [-0.25, -0.2) is 0 Å². The number of Topliss-reactive ketones (excluding diaryl/α,β-unsaturated/α-hetero) is 1. The Morgan fingerprint density at radius 2 is 1.44 bits per heavy atom. The van der Waals surface area contributed by atoms with Crippen molar-refractivity contribution >= 4 is 17.7 Å². The first-order valence-corrected chi connectivity index (χ1v) is 4.97. The Labute approximate surface area is 93.5 Å². The first-order chi connectivity index (χ1) is 7.56. The van der Waals surface area contributed by atoms with E-state index in [4.69, 9.17) is 9.84 Å². The van der Waals surface area contributed by atoms with Crippen LogP contribution < -0.4 is 0 Å². The molecule has 1 N–H and O–H groups in total. The van der Waals surface area contributed by atoms with Crippen molar-refractivity contribution in [3.63, 3.8) is 0 Å². The quantitative estimate of drug-likeness (QED) is 0.584. The van der Waals surface area contributed by atoms with Gasteiger partial charge in [-0.2, -0.15) is 0 Å². The van der Waals surface area contributed by atoms with Crippen LogP contribution in [-0.4, -0.2) is 42.6 Å². The summed E-state index contributed by atoms with van der Waals surface area (Å²) in [4.78, 5) is 32.3. The molecule has 0 radical (unpaired) electrons. The molecule has 0 aromatic heterocycles. The van der Waals surface area contributed by atoms with E-state index >= 15 is 0 Å². The molecule has 0 atom stereocenters. The van der Waals surface area contributed by atoms with Crippen molar-refractivity contribution in [1.82, 2.24) is 0 Å². The minimum absolute atomic E-state index is 0.0466. The highest BCUT2D eigenvalue weighted by molar-refractivity contribution is 5.76. The van der Waals surface area contributed by atoms with Crippen LogP contribution in [0.25, 0.3) is 0 Å². The monoisotopic (exact) mass is 232 g/mol. The zero-order chi connectivity index (χ0) is 12.4. The standard InChI is InChI=1S/C10H16O6/c1-8(12)3-6-15-10(14)4-7-16-9(13)2-5-11/h11H,2-7H2,1H3. The summed E-state index contributed by atoms with van der Waals surface area (Å²) in [5, 5.41) is 8.39. The van der Waals surface area contributed by atoms with Gasteiger partial charge in [0.25, 0.3) is 0 Å². The molecule has 0 aliphatic carbocycles. The van der Waals surface area contributed by atoms with Gasteiger partial charge in [-0.15, -0.1) is 0 Å². The van der Waals surface area contributed by atoms with Gasteiger partial charge in [-0.1, -0.05) is 0 Å². The van der Waals surface area contributed by atoms with Crippen LogP contribution in [0.4, 0.5) is 0 Å². The minimum Gasteiger partial charge on any atom is -0.465 e. The smallest absolute Gasteiger partial charge is 0.309 e. The predicted octanol–water partition coefficient (Wildman–Crippen LogP) is -0.176. The summed E-state index contributed by atoms with van der Waals surface area (Å²) in [5.41, 5.74) is 0. The lowest BCUT2D eigenvalue weighted by atomic mass is 10.3. The van der Waals surface area contributed by atoms with E-state index in [0.717, 1.165) is 0 Å². The predicted molar refractivity (Wildman–Crippen MR) is 53.5 cm³/mol. The van der Waals surface area contributed by atoms with E-state index in [2.05, 4.69) is 4.74 Å². The molecule has 0 aromatic rings. The Morgan fingerprint density at radius 3 is 1.94 bits per heavy atom. The second-order valence-electron chi connectivity index (χ2n) is 3.12. The molecular weight excluding hydrogens is 216 g/mol. The number of carbonyl (C=O) groups is 3. The van der Waals surface area contributed by atoms with Crippen LogP contribution >= 0.6 is 0 Å². The maximum absolute atomic E-state index is 11.0. The van der Waals surface area contributed by atoms with Gasteiger partial charge in [-0.3, -0.25) is 14.4 Å². The van der Waals surface area contributed by atoms with Gasteiger partial charge in [0, 0.05) is 6.42 Å². The van der Waals surface area contributed by atoms with Gasteiger partial charge in [0.15, 0.2) is 0 Å². The number of hydrogen-bond acceptors (Lipinski definition) is 6. The molecule has 0 aliphatic rings. The van der Waals surface area contributed by atoms with Crippen LogP contribution in [0.3, 0.4) is 0 Å². The zero-order valence-corrected chi connectivity index (χ0v) is 9.23. The Balaban J connectivity index is 3.43. The maximum Gasteiger partial charge on any atom is 0.309 e. The second-order valence-corrected chi connectivity index (χ2v) is 3.12. The Kier molecular flexibility index (Phi) is 8.05. The van der Waals surface area contributed by atoms with Crippen LogP contribution in [-0.2, 0) is 23.9 Å². The van der Waals surface area contributed by atoms with Gasteiger partial charge < -0.3 is 14.6 Å². The van der Waals surface area contributed by atoms with Crippen LogP contribution in [0, 0.1) is 0 Å². The van der Waals surface area contributed by atoms with Gasteiger partial charge in [0.05, 0.1) is 26.1 Å². The van der Waals surface area contributed by atoms with Crippen molar-refractivity contribution < 1.29 is 29.0 Å². The molecule has 0 unspecified atom stereocenters. The summed E-state index contributed by atoms with van der Waals surface area (Å²) in [6.07, 6.45) is 0.0600. The fraction of sp³-hybridized carbons (Fsp3) is 0.700. The third kappa shape index (κ3) is 9.14. The van der Waals surface area contributed by atoms with E-state index in [0.29, 0.717) is 0 Å². The van der Waals surface area contributed by atoms with Gasteiger partial charge in [-0.05, 0) is 6.92 Å². The van der Waals surface area contributed by atoms with E-state index < -0.39 is 11.9 Å². The number of esters is 2. The maximum atomic E-state index is 11.0. The van der Waals surface area contributed by atoms with Crippen molar-refractivity contribution in [3.05, 3.63) is 0 Å². The first-order valence-electron chi connectivity index (χ1n) is 4.97. The van der Waals surface area contributed by atoms with Gasteiger partial charge in [0.2, 0.25) is 0 Å². The molecule has 92 valence electrons. The third-order valence-electron chi connectivity index (χ3n) is 1.60. The Morgan fingerprint density at radius 1 is 0.938 bits per heavy atom. The lowest BCUT2D eigenvalue weighted by molar-refractivity contribution is -0.149. The average molecular weight is 232 g/mol. The van der Waals surface area contributed by atoms with Crippen molar-refractivity contribution in [2.24, 2.45) is 0 Å². The van der Waals surface area contributed by atoms with Crippen LogP contribution in [0.15, 0.2) is 0 Å². The third-order valence-corrected chi connectivity index (χ3v) is 1.60. The highest BCUT2D eigenvalue weighted by Crippen LogP contribution is 1.93. The van der Waals surface area contributed by atoms with Gasteiger partial charge >= 0.3 is 11.9 Å². The summed E-state index contributed by atoms with van der Waals surface area (Å²) < 4.78 is 9.31. The first kappa shape index (κ1) is 14.6. The van der Waals surface area contributed by atoms with Gasteiger partial charge in [0.1, 0.15) is 12.4 Å². The Hall–Kier alpha value is -1.43. The fourth-order valence-electron chi connectivity index (χ4n) is 0.792. The largest absolute Gasteiger partial charge is 0.465 e. The summed E-state index contributed by atoms with van der Waals surface area (Å²) in [6, 6.07) is 0. The van der Waals surface area contributed by atoms with Crippen LogP contribution in [0.2, 0.25) is 0 Å². The number of hydrogen-bond donors (Lipinski definition) is 1. The van der Waals surface area contributed by atoms with E-state index in [-0.39, 0.29) is 44.9 Å². The highest BCUT2D eigenvalue weighted by Gasteiger charge is 2.06. The molecular formula is C10H16O6. The van der Waals surface area contributed by atoms with E-state index in [9.17, 15) is 14.4 Å². The van der Waals surface area contributed by atoms with E-state index in [1.165, 1.54) is 6.92 Å². The molecule has 0 rings (SSSR count). The molecule has 0 amide bonds. The topological polar surface area (TPSA) is 89.9 Å². The van der Waals surface area contributed by atoms with E-state index in [1.807, 2.05) is 0 Å². The average Bonchev–Trinajstić information content (AvgIpc) is 2.17. The molecule has 0 bridgehead atoms. The molecule has 0 fully saturated rings. The number of aliphatic hydroxyl groups is 1. The summed E-state index contributed by atoms with van der Waals surface area (Å²) in [7, 11) is 0. The molecule has 0 aromatic carbocycles. The zero-order valence-electron chi connectivity index (χ0n) is 9.23. The lowest BCUT2D eigenvalue weighted by Crippen LogP contribution is -2.13. The van der Waals surface area contributed by atoms with Crippen LogP contribution in [0.1, 0.15) is 26.2 Å². The molecule has 0 aliphatic heterocycles. The molecule has 0 saturated carbocycles. The number of aliphatic hydroxyl groups excluding tert-OH is 1. The summed E-state index contributed by atoms with van der Waals surface area (Å²) in [5.74, 6) is -1.13. The molecule has 0 spiro atoms. The number of ketones is 1. The molecule has 0 heterocycles. The summed E-state index contributed by atoms with van der Waals surface area (Å²) >= 11 is 0. The number of rotatable bonds is 8. The minimum atomic E-state index is -0.556. The van der Waals surface area contributed by atoms with E-state index in [1.54, 1.807) is 0 Å². The SMILES string of the molecule is CC(=O)CCOC(=O)CCOC(=O)CCO. The van der Waals surface area contributed by atoms with Crippen LogP contribution in [0.5, 0.6) is 0 Å². The van der Waals surface area contributed by atoms with Crippen molar-refractivity contribution in [3.8, 4) is 0 Å². The van der Waals surface area contributed by atoms with Crippen molar-refractivity contribution in [2.45, 2.75) is 26.2 Å². The fourth-order valence-corrected chi connectivity index (χ4v) is 0.792. The second kappa shape index (κ2) is 8.84. The molecule has 6 heteroatoms. The normalized spacial score (nSPS) is 9.62. The molecule has 6 nitrogen and oxygen atoms in total. The molecule has 16 heavy (non-hydrogen) atoms.